The Morgan fingerprint density at radius 2 is 2.28 bits per heavy atom. The Morgan fingerprint density at radius 1 is 1.50 bits per heavy atom. The number of carbonyl (C=O) groups is 1. The van der Waals surface area contributed by atoms with Gasteiger partial charge in [-0.3, -0.25) is 4.79 Å². The van der Waals surface area contributed by atoms with E-state index in [4.69, 9.17) is 0 Å². The van der Waals surface area contributed by atoms with Crippen LogP contribution in [0, 0.1) is 6.92 Å². The Balaban J connectivity index is 2.14. The smallest absolute Gasteiger partial charge is 0.254 e. The molecule has 0 aromatic heterocycles. The van der Waals surface area contributed by atoms with Gasteiger partial charge in [0.15, 0.2) is 0 Å². The molecule has 18 heavy (non-hydrogen) atoms. The summed E-state index contributed by atoms with van der Waals surface area (Å²) in [6.07, 6.45) is 2.23. The van der Waals surface area contributed by atoms with Crippen LogP contribution in [-0.2, 0) is 0 Å². The summed E-state index contributed by atoms with van der Waals surface area (Å²) in [6.45, 7) is 3.94. The second-order valence-corrected chi connectivity index (χ2v) is 5.79. The molecule has 4 heteroatoms. The van der Waals surface area contributed by atoms with E-state index >= 15 is 0 Å². The maximum Gasteiger partial charge on any atom is 0.254 e. The number of nitrogens with zero attached hydrogens (tertiary/aromatic N) is 1. The van der Waals surface area contributed by atoms with Gasteiger partial charge in [0.2, 0.25) is 0 Å². The molecule has 0 spiro atoms. The number of aryl methyl sites for hydroxylation is 1. The summed E-state index contributed by atoms with van der Waals surface area (Å²) in [5, 5.41) is 3.34. The molecule has 1 N–H and O–H groups in total. The standard InChI is InChI=1S/C14H19BrN2O/c1-10-8-11(15)5-6-13(10)14(18)17(2)12-4-3-7-16-9-12/h5-6,8,12,16H,3-4,7,9H2,1-2H3. The van der Waals surface area contributed by atoms with Crippen molar-refractivity contribution in [3.63, 3.8) is 0 Å². The molecule has 2 rings (SSSR count). The van der Waals surface area contributed by atoms with Crippen LogP contribution in [0.1, 0.15) is 28.8 Å². The van der Waals surface area contributed by atoms with Gasteiger partial charge in [0, 0.05) is 29.7 Å². The lowest BCUT2D eigenvalue weighted by Gasteiger charge is -2.32. The van der Waals surface area contributed by atoms with Gasteiger partial charge >= 0.3 is 0 Å². The molecule has 1 amide bonds. The SMILES string of the molecule is Cc1cc(Br)ccc1C(=O)N(C)C1CCCNC1. The minimum absolute atomic E-state index is 0.119. The minimum atomic E-state index is 0.119. The van der Waals surface area contributed by atoms with Gasteiger partial charge in [-0.05, 0) is 50.1 Å². The second-order valence-electron chi connectivity index (χ2n) is 4.88. The third-order valence-corrected chi connectivity index (χ3v) is 4.05. The largest absolute Gasteiger partial charge is 0.337 e. The summed E-state index contributed by atoms with van der Waals surface area (Å²) < 4.78 is 1.01. The molecule has 1 aliphatic rings. The molecular formula is C14H19BrN2O. The van der Waals surface area contributed by atoms with Crippen molar-refractivity contribution in [2.45, 2.75) is 25.8 Å². The number of benzene rings is 1. The number of nitrogens with one attached hydrogen (secondary N) is 1. The molecule has 0 radical (unpaired) electrons. The summed E-state index contributed by atoms with van der Waals surface area (Å²) in [5.41, 5.74) is 1.82. The van der Waals surface area contributed by atoms with Gasteiger partial charge in [0.1, 0.15) is 0 Å². The zero-order chi connectivity index (χ0) is 13.1. The molecule has 0 aliphatic carbocycles. The molecule has 3 nitrogen and oxygen atoms in total. The first-order chi connectivity index (χ1) is 8.59. The Bertz CT molecular complexity index is 441. The number of hydrogen-bond donors (Lipinski definition) is 1. The molecule has 1 atom stereocenters. The third-order valence-electron chi connectivity index (χ3n) is 3.56. The van der Waals surface area contributed by atoms with Crippen molar-refractivity contribution < 1.29 is 4.79 Å². The second kappa shape index (κ2) is 5.85. The van der Waals surface area contributed by atoms with Gasteiger partial charge in [0.25, 0.3) is 5.91 Å². The monoisotopic (exact) mass is 310 g/mol. The van der Waals surface area contributed by atoms with Crippen LogP contribution >= 0.6 is 15.9 Å². The number of carbonyl (C=O) groups excluding carboxylic acids is 1. The van der Waals surface area contributed by atoms with E-state index in [1.54, 1.807) is 0 Å². The first-order valence-corrected chi connectivity index (χ1v) is 7.13. The fourth-order valence-corrected chi connectivity index (χ4v) is 2.86. The lowest BCUT2D eigenvalue weighted by Crippen LogP contribution is -2.46. The van der Waals surface area contributed by atoms with Crippen molar-refractivity contribution in [2.75, 3.05) is 20.1 Å². The van der Waals surface area contributed by atoms with Gasteiger partial charge in [-0.2, -0.15) is 0 Å². The lowest BCUT2D eigenvalue weighted by molar-refractivity contribution is 0.0707. The Kier molecular flexibility index (Phi) is 4.40. The average molecular weight is 311 g/mol. The molecule has 1 aromatic rings. The lowest BCUT2D eigenvalue weighted by atomic mass is 10.0. The third kappa shape index (κ3) is 2.93. The van der Waals surface area contributed by atoms with Gasteiger partial charge in [0.05, 0.1) is 0 Å². The fourth-order valence-electron chi connectivity index (χ4n) is 2.39. The molecule has 1 unspecified atom stereocenters. The van der Waals surface area contributed by atoms with Crippen LogP contribution in [0.2, 0.25) is 0 Å². The van der Waals surface area contributed by atoms with E-state index in [-0.39, 0.29) is 5.91 Å². The summed E-state index contributed by atoms with van der Waals surface area (Å²) in [6, 6.07) is 6.12. The van der Waals surface area contributed by atoms with E-state index in [9.17, 15) is 4.79 Å². The molecule has 0 saturated carbocycles. The summed E-state index contributed by atoms with van der Waals surface area (Å²) in [4.78, 5) is 14.3. The number of likely N-dealkylation sites (N-methyl/N-ethyl adjacent to an activating group) is 1. The van der Waals surface area contributed by atoms with Crippen molar-refractivity contribution in [3.05, 3.63) is 33.8 Å². The van der Waals surface area contributed by atoms with Crippen LogP contribution in [-0.4, -0.2) is 37.0 Å². The Labute approximate surface area is 117 Å². The van der Waals surface area contributed by atoms with Crippen LogP contribution in [0.5, 0.6) is 0 Å². The molecule has 98 valence electrons. The van der Waals surface area contributed by atoms with Gasteiger partial charge < -0.3 is 10.2 Å². The highest BCUT2D eigenvalue weighted by atomic mass is 79.9. The van der Waals surface area contributed by atoms with E-state index in [2.05, 4.69) is 21.2 Å². The first kappa shape index (κ1) is 13.6. The van der Waals surface area contributed by atoms with Crippen LogP contribution in [0.4, 0.5) is 0 Å². The van der Waals surface area contributed by atoms with E-state index in [1.165, 1.54) is 0 Å². The highest BCUT2D eigenvalue weighted by molar-refractivity contribution is 9.10. The normalized spacial score (nSPS) is 19.6. The number of rotatable bonds is 2. The maximum absolute atomic E-state index is 12.5. The van der Waals surface area contributed by atoms with Crippen molar-refractivity contribution >= 4 is 21.8 Å². The molecule has 1 aliphatic heterocycles. The zero-order valence-corrected chi connectivity index (χ0v) is 12.5. The topological polar surface area (TPSA) is 32.3 Å². The molecule has 1 aromatic carbocycles. The molecule has 0 bridgehead atoms. The van der Waals surface area contributed by atoms with Crippen molar-refractivity contribution in [1.29, 1.82) is 0 Å². The zero-order valence-electron chi connectivity index (χ0n) is 10.9. The summed E-state index contributed by atoms with van der Waals surface area (Å²) in [5.74, 6) is 0.119. The van der Waals surface area contributed by atoms with Crippen LogP contribution in [0.25, 0.3) is 0 Å². The number of hydrogen-bond acceptors (Lipinski definition) is 2. The summed E-state index contributed by atoms with van der Waals surface area (Å²) >= 11 is 3.42. The van der Waals surface area contributed by atoms with Crippen LogP contribution in [0.15, 0.2) is 22.7 Å². The van der Waals surface area contributed by atoms with Crippen LogP contribution in [0.3, 0.4) is 0 Å². The first-order valence-electron chi connectivity index (χ1n) is 6.33. The van der Waals surface area contributed by atoms with Gasteiger partial charge in [-0.25, -0.2) is 0 Å². The molecular weight excluding hydrogens is 292 g/mol. The molecule has 1 fully saturated rings. The van der Waals surface area contributed by atoms with Crippen molar-refractivity contribution in [2.24, 2.45) is 0 Å². The predicted octanol–water partition coefficient (Wildman–Crippen LogP) is 2.58. The summed E-state index contributed by atoms with van der Waals surface area (Å²) in [7, 11) is 1.90. The molecule has 1 saturated heterocycles. The number of piperidine rings is 1. The average Bonchev–Trinajstić information content (AvgIpc) is 2.38. The highest BCUT2D eigenvalue weighted by Gasteiger charge is 2.23. The number of halogens is 1. The Hall–Kier alpha value is -0.870. The maximum atomic E-state index is 12.5. The van der Waals surface area contributed by atoms with E-state index in [0.717, 1.165) is 41.5 Å². The minimum Gasteiger partial charge on any atom is -0.337 e. The number of amides is 1. The van der Waals surface area contributed by atoms with Crippen molar-refractivity contribution in [1.82, 2.24) is 10.2 Å². The highest BCUT2D eigenvalue weighted by Crippen LogP contribution is 2.19. The fraction of sp³-hybridized carbons (Fsp3) is 0.500. The van der Waals surface area contributed by atoms with E-state index in [0.29, 0.717) is 6.04 Å². The van der Waals surface area contributed by atoms with Gasteiger partial charge in [-0.15, -0.1) is 0 Å². The van der Waals surface area contributed by atoms with E-state index in [1.807, 2.05) is 37.1 Å². The van der Waals surface area contributed by atoms with E-state index < -0.39 is 0 Å². The Morgan fingerprint density at radius 3 is 2.89 bits per heavy atom. The van der Waals surface area contributed by atoms with Gasteiger partial charge in [-0.1, -0.05) is 15.9 Å². The van der Waals surface area contributed by atoms with Crippen molar-refractivity contribution in [3.8, 4) is 0 Å². The quantitative estimate of drug-likeness (QED) is 0.910. The van der Waals surface area contributed by atoms with Crippen LogP contribution < -0.4 is 5.32 Å². The molecule has 1 heterocycles. The predicted molar refractivity (Wildman–Crippen MR) is 76.9 cm³/mol.